The van der Waals surface area contributed by atoms with Crippen molar-refractivity contribution in [2.45, 2.75) is 19.9 Å². The highest BCUT2D eigenvalue weighted by molar-refractivity contribution is 6.42. The van der Waals surface area contributed by atoms with Gasteiger partial charge in [0.1, 0.15) is 17.9 Å². The molecule has 0 radical (unpaired) electrons. The first-order valence-electron chi connectivity index (χ1n) is 6.25. The van der Waals surface area contributed by atoms with Crippen LogP contribution in [-0.2, 0) is 4.79 Å². The topological polar surface area (TPSA) is 90.1 Å². The average Bonchev–Trinajstić information content (AvgIpc) is 2.84. The zero-order valence-electron chi connectivity index (χ0n) is 11.7. The van der Waals surface area contributed by atoms with E-state index in [1.165, 1.54) is 17.7 Å². The molecule has 2 rings (SSSR count). The van der Waals surface area contributed by atoms with E-state index in [4.69, 9.17) is 23.2 Å². The number of rotatable bonds is 4. The van der Waals surface area contributed by atoms with Crippen LogP contribution in [0.4, 0.5) is 11.4 Å². The second kappa shape index (κ2) is 6.33. The molecule has 1 unspecified atom stereocenters. The van der Waals surface area contributed by atoms with Crippen LogP contribution in [-0.4, -0.2) is 20.6 Å². The molecule has 9 heteroatoms. The molecule has 0 spiro atoms. The number of benzene rings is 1. The Kier molecular flexibility index (Phi) is 4.68. The van der Waals surface area contributed by atoms with Crippen LogP contribution in [0.3, 0.4) is 0 Å². The number of anilines is 1. The minimum Gasteiger partial charge on any atom is -0.324 e. The zero-order chi connectivity index (χ0) is 16.4. The Morgan fingerprint density at radius 2 is 2.09 bits per heavy atom. The van der Waals surface area contributed by atoms with E-state index in [0.717, 1.165) is 6.20 Å². The number of hydrogen-bond acceptors (Lipinski definition) is 4. The molecule has 0 fully saturated rings. The summed E-state index contributed by atoms with van der Waals surface area (Å²) in [5, 5.41) is 18.1. The predicted molar refractivity (Wildman–Crippen MR) is 83.4 cm³/mol. The summed E-state index contributed by atoms with van der Waals surface area (Å²) < 4.78 is 1.30. The van der Waals surface area contributed by atoms with Crippen LogP contribution in [0.15, 0.2) is 24.4 Å². The molecule has 0 saturated heterocycles. The van der Waals surface area contributed by atoms with E-state index < -0.39 is 11.0 Å². The fourth-order valence-electron chi connectivity index (χ4n) is 1.92. The van der Waals surface area contributed by atoms with Crippen LogP contribution in [0.1, 0.15) is 18.7 Å². The van der Waals surface area contributed by atoms with E-state index >= 15 is 0 Å². The van der Waals surface area contributed by atoms with Gasteiger partial charge in [-0.2, -0.15) is 5.10 Å². The smallest absolute Gasteiger partial charge is 0.309 e. The Bertz CT molecular complexity index is 745. The van der Waals surface area contributed by atoms with Gasteiger partial charge in [-0.05, 0) is 32.0 Å². The third-order valence-corrected chi connectivity index (χ3v) is 3.89. The first-order valence-corrected chi connectivity index (χ1v) is 7.01. The fraction of sp³-hybridized carbons (Fsp3) is 0.231. The molecule has 1 amide bonds. The van der Waals surface area contributed by atoms with Crippen molar-refractivity contribution >= 4 is 40.5 Å². The number of nitro groups is 1. The van der Waals surface area contributed by atoms with E-state index in [0.29, 0.717) is 21.4 Å². The van der Waals surface area contributed by atoms with Crippen LogP contribution in [0.5, 0.6) is 0 Å². The van der Waals surface area contributed by atoms with Crippen molar-refractivity contribution in [2.24, 2.45) is 0 Å². The number of aromatic nitrogens is 2. The van der Waals surface area contributed by atoms with Gasteiger partial charge in [-0.1, -0.05) is 23.2 Å². The Morgan fingerprint density at radius 3 is 2.64 bits per heavy atom. The van der Waals surface area contributed by atoms with E-state index in [1.54, 1.807) is 19.1 Å². The summed E-state index contributed by atoms with van der Waals surface area (Å²) in [6.07, 6.45) is 1.12. The first-order chi connectivity index (χ1) is 10.3. The molecule has 1 atom stereocenters. The molecule has 116 valence electrons. The number of carbonyl (C=O) groups excluding carboxylic acids is 1. The molecule has 0 aliphatic carbocycles. The quantitative estimate of drug-likeness (QED) is 0.678. The van der Waals surface area contributed by atoms with Crippen molar-refractivity contribution in [1.29, 1.82) is 0 Å². The Balaban J connectivity index is 2.18. The summed E-state index contributed by atoms with van der Waals surface area (Å²) in [5.74, 6) is -0.375. The first kappa shape index (κ1) is 16.3. The minimum absolute atomic E-state index is 0.130. The van der Waals surface area contributed by atoms with Crippen molar-refractivity contribution in [3.05, 3.63) is 50.2 Å². The molecule has 1 aromatic carbocycles. The van der Waals surface area contributed by atoms with Crippen molar-refractivity contribution in [1.82, 2.24) is 9.78 Å². The number of halogens is 2. The molecule has 2 aromatic rings. The van der Waals surface area contributed by atoms with Gasteiger partial charge in [0.2, 0.25) is 5.91 Å². The van der Waals surface area contributed by atoms with Crippen LogP contribution < -0.4 is 5.32 Å². The van der Waals surface area contributed by atoms with E-state index in [9.17, 15) is 14.9 Å². The average molecular weight is 343 g/mol. The highest BCUT2D eigenvalue weighted by Crippen LogP contribution is 2.26. The Morgan fingerprint density at radius 1 is 1.41 bits per heavy atom. The number of nitrogens with one attached hydrogen (secondary N) is 1. The maximum absolute atomic E-state index is 12.2. The molecular weight excluding hydrogens is 331 g/mol. The van der Waals surface area contributed by atoms with Gasteiger partial charge in [0, 0.05) is 5.69 Å². The second-order valence-electron chi connectivity index (χ2n) is 4.61. The molecule has 1 N–H and O–H groups in total. The molecule has 1 heterocycles. The SMILES string of the molecule is Cc1c([N+](=O)[O-])cnn1C(C)C(=O)Nc1ccc(Cl)c(Cl)c1. The van der Waals surface area contributed by atoms with Crippen LogP contribution in [0.25, 0.3) is 0 Å². The van der Waals surface area contributed by atoms with Gasteiger partial charge in [0.15, 0.2) is 0 Å². The summed E-state index contributed by atoms with van der Waals surface area (Å²) in [7, 11) is 0. The summed E-state index contributed by atoms with van der Waals surface area (Å²) in [4.78, 5) is 22.5. The molecular formula is C13H12Cl2N4O3. The molecule has 1 aromatic heterocycles. The normalized spacial score (nSPS) is 12.0. The van der Waals surface area contributed by atoms with E-state index in [-0.39, 0.29) is 11.6 Å². The summed E-state index contributed by atoms with van der Waals surface area (Å²) in [6, 6.07) is 3.97. The molecule has 0 saturated carbocycles. The Hall–Kier alpha value is -2.12. The van der Waals surface area contributed by atoms with Crippen molar-refractivity contribution in [2.75, 3.05) is 5.32 Å². The Labute approximate surface area is 136 Å². The van der Waals surface area contributed by atoms with Gasteiger partial charge in [-0.25, -0.2) is 0 Å². The van der Waals surface area contributed by atoms with Crippen molar-refractivity contribution in [3.63, 3.8) is 0 Å². The summed E-state index contributed by atoms with van der Waals surface area (Å²) in [6.45, 7) is 3.13. The maximum atomic E-state index is 12.2. The van der Waals surface area contributed by atoms with Crippen LogP contribution in [0.2, 0.25) is 10.0 Å². The van der Waals surface area contributed by atoms with E-state index in [2.05, 4.69) is 10.4 Å². The maximum Gasteiger partial charge on any atom is 0.309 e. The number of amides is 1. The van der Waals surface area contributed by atoms with Crippen LogP contribution >= 0.6 is 23.2 Å². The third kappa shape index (κ3) is 3.20. The number of carbonyl (C=O) groups is 1. The van der Waals surface area contributed by atoms with Crippen molar-refractivity contribution < 1.29 is 9.72 Å². The highest BCUT2D eigenvalue weighted by Gasteiger charge is 2.23. The standard InChI is InChI=1S/C13H12Cl2N4O3/c1-7-12(19(21)22)6-16-18(7)8(2)13(20)17-9-3-4-10(14)11(15)5-9/h3-6,8H,1-2H3,(H,17,20). The lowest BCUT2D eigenvalue weighted by molar-refractivity contribution is -0.385. The van der Waals surface area contributed by atoms with Gasteiger partial charge < -0.3 is 5.32 Å². The summed E-state index contributed by atoms with van der Waals surface area (Å²) in [5.41, 5.74) is 0.654. The second-order valence-corrected chi connectivity index (χ2v) is 5.43. The van der Waals surface area contributed by atoms with Gasteiger partial charge >= 0.3 is 5.69 Å². The lowest BCUT2D eigenvalue weighted by Gasteiger charge is -2.14. The van der Waals surface area contributed by atoms with Crippen molar-refractivity contribution in [3.8, 4) is 0 Å². The molecule has 7 nitrogen and oxygen atoms in total. The van der Waals surface area contributed by atoms with Gasteiger partial charge in [0.05, 0.1) is 15.0 Å². The molecule has 0 aliphatic heterocycles. The monoisotopic (exact) mass is 342 g/mol. The highest BCUT2D eigenvalue weighted by atomic mass is 35.5. The minimum atomic E-state index is -0.719. The largest absolute Gasteiger partial charge is 0.324 e. The molecule has 22 heavy (non-hydrogen) atoms. The summed E-state index contributed by atoms with van der Waals surface area (Å²) >= 11 is 11.7. The number of nitrogens with zero attached hydrogens (tertiary/aromatic N) is 3. The van der Waals surface area contributed by atoms with E-state index in [1.807, 2.05) is 0 Å². The lowest BCUT2D eigenvalue weighted by atomic mass is 10.2. The zero-order valence-corrected chi connectivity index (χ0v) is 13.2. The lowest BCUT2D eigenvalue weighted by Crippen LogP contribution is -2.25. The van der Waals surface area contributed by atoms with Crippen LogP contribution in [0, 0.1) is 17.0 Å². The van der Waals surface area contributed by atoms with Gasteiger partial charge in [0.25, 0.3) is 0 Å². The predicted octanol–water partition coefficient (Wildman–Crippen LogP) is 3.61. The molecule has 0 bridgehead atoms. The van der Waals surface area contributed by atoms with Gasteiger partial charge in [-0.3, -0.25) is 19.6 Å². The number of hydrogen-bond donors (Lipinski definition) is 1. The van der Waals surface area contributed by atoms with Gasteiger partial charge in [-0.15, -0.1) is 0 Å². The third-order valence-electron chi connectivity index (χ3n) is 3.15. The fourth-order valence-corrected chi connectivity index (χ4v) is 2.21. The molecule has 0 aliphatic rings.